The molecule has 0 amide bonds. The van der Waals surface area contributed by atoms with Crippen LogP contribution in [-0.4, -0.2) is 13.1 Å². The lowest BCUT2D eigenvalue weighted by Gasteiger charge is -2.30. The van der Waals surface area contributed by atoms with Crippen LogP contribution in [0.25, 0.3) is 0 Å². The molecule has 4 heteroatoms. The maximum Gasteiger partial charge on any atom is 0.197 e. The zero-order valence-electron chi connectivity index (χ0n) is 15.4. The molecule has 1 heterocycles. The minimum atomic E-state index is -0.890. The molecule has 0 unspecified atom stereocenters. The molecule has 0 radical (unpaired) electrons. The third-order valence-electron chi connectivity index (χ3n) is 4.71. The summed E-state index contributed by atoms with van der Waals surface area (Å²) in [6.07, 6.45) is 0. The van der Waals surface area contributed by atoms with E-state index in [0.717, 1.165) is 13.1 Å². The highest BCUT2D eigenvalue weighted by Gasteiger charge is 2.34. The van der Waals surface area contributed by atoms with Crippen LogP contribution in [-0.2, 0) is 0 Å². The number of nitrogens with zero attached hydrogens (tertiary/aromatic N) is 2. The second-order valence-electron chi connectivity index (χ2n) is 6.98. The number of hydrogen-bond acceptors (Lipinski definition) is 2. The normalized spacial score (nSPS) is 15.5. The Morgan fingerprint density at radius 2 is 0.958 bits per heavy atom. The van der Waals surface area contributed by atoms with Crippen LogP contribution in [0.3, 0.4) is 0 Å². The topological polar surface area (TPSA) is 6.48 Å². The lowest BCUT2D eigenvalue weighted by atomic mass is 10.0. The highest BCUT2D eigenvalue weighted by Crippen LogP contribution is 2.58. The van der Waals surface area contributed by atoms with Crippen molar-refractivity contribution in [1.29, 1.82) is 0 Å². The molecule has 0 aromatic heterocycles. The molecule has 2 aromatic carbocycles. The molecule has 24 heavy (non-hydrogen) atoms. The van der Waals surface area contributed by atoms with Gasteiger partial charge in [0.25, 0.3) is 0 Å². The van der Waals surface area contributed by atoms with Gasteiger partial charge in [-0.3, -0.25) is 0 Å². The lowest BCUT2D eigenvalue weighted by molar-refractivity contribution is 1.01. The van der Waals surface area contributed by atoms with Gasteiger partial charge in [0.15, 0.2) is 7.58 Å². The Balaban J connectivity index is 1.99. The summed E-state index contributed by atoms with van der Waals surface area (Å²) in [5.74, 6) is 0. The van der Waals surface area contributed by atoms with Crippen LogP contribution in [0.5, 0.6) is 0 Å². The fraction of sp³-hybridized carbons (Fsp3) is 0.400. The van der Waals surface area contributed by atoms with E-state index < -0.39 is 7.58 Å². The molecular formula is C20H26ClN2P. The van der Waals surface area contributed by atoms with Crippen LogP contribution in [0.15, 0.2) is 24.3 Å². The molecule has 128 valence electrons. The largest absolute Gasteiger partial charge is 0.319 e. The summed E-state index contributed by atoms with van der Waals surface area (Å²) in [6, 6.07) is 9.03. The van der Waals surface area contributed by atoms with Crippen molar-refractivity contribution in [3.63, 3.8) is 0 Å². The molecule has 0 spiro atoms. The third kappa shape index (κ3) is 3.03. The van der Waals surface area contributed by atoms with Gasteiger partial charge in [0.1, 0.15) is 0 Å². The lowest BCUT2D eigenvalue weighted by Crippen LogP contribution is -2.14. The van der Waals surface area contributed by atoms with Crippen LogP contribution in [0.1, 0.15) is 33.4 Å². The van der Waals surface area contributed by atoms with Crippen LogP contribution < -0.4 is 9.34 Å². The van der Waals surface area contributed by atoms with Gasteiger partial charge in [0, 0.05) is 24.5 Å². The van der Waals surface area contributed by atoms with Gasteiger partial charge in [-0.2, -0.15) is 0 Å². The Kier molecular flexibility index (Phi) is 4.82. The quantitative estimate of drug-likeness (QED) is 0.577. The first-order valence-electron chi connectivity index (χ1n) is 8.46. The van der Waals surface area contributed by atoms with Gasteiger partial charge in [0.2, 0.25) is 0 Å². The molecule has 1 aliphatic heterocycles. The fourth-order valence-electron chi connectivity index (χ4n) is 4.03. The third-order valence-corrected chi connectivity index (χ3v) is 7.40. The first kappa shape index (κ1) is 17.6. The van der Waals surface area contributed by atoms with E-state index in [4.69, 9.17) is 11.2 Å². The monoisotopic (exact) mass is 360 g/mol. The molecule has 1 fully saturated rings. The number of halogens is 1. The Hall–Kier alpha value is -1.24. The second kappa shape index (κ2) is 6.58. The SMILES string of the molecule is Cc1cc(C)c(N2CCN(c3c(C)cc(C)cc3C)P2Cl)c(C)c1. The van der Waals surface area contributed by atoms with Crippen LogP contribution in [0, 0.1) is 41.5 Å². The predicted octanol–water partition coefficient (Wildman–Crippen LogP) is 6.33. The van der Waals surface area contributed by atoms with Gasteiger partial charge in [-0.25, -0.2) is 0 Å². The van der Waals surface area contributed by atoms with Crippen molar-refractivity contribution in [2.75, 3.05) is 22.4 Å². The number of anilines is 2. The van der Waals surface area contributed by atoms with E-state index in [0.29, 0.717) is 0 Å². The van der Waals surface area contributed by atoms with Crippen molar-refractivity contribution in [2.24, 2.45) is 0 Å². The number of rotatable bonds is 2. The Bertz CT molecular complexity index is 676. The van der Waals surface area contributed by atoms with Gasteiger partial charge in [-0.15, -0.1) is 0 Å². The molecule has 3 rings (SSSR count). The molecule has 1 saturated heterocycles. The summed E-state index contributed by atoms with van der Waals surface area (Å²) in [6.45, 7) is 15.0. The van der Waals surface area contributed by atoms with E-state index in [2.05, 4.69) is 75.1 Å². The van der Waals surface area contributed by atoms with E-state index in [1.54, 1.807) is 0 Å². The number of benzene rings is 2. The molecule has 0 aliphatic carbocycles. The smallest absolute Gasteiger partial charge is 0.197 e. The van der Waals surface area contributed by atoms with E-state index in [9.17, 15) is 0 Å². The minimum Gasteiger partial charge on any atom is -0.319 e. The fourth-order valence-corrected chi connectivity index (χ4v) is 6.67. The summed E-state index contributed by atoms with van der Waals surface area (Å²) in [4.78, 5) is 0. The molecular weight excluding hydrogens is 335 g/mol. The predicted molar refractivity (Wildman–Crippen MR) is 109 cm³/mol. The summed E-state index contributed by atoms with van der Waals surface area (Å²) < 4.78 is 4.81. The Morgan fingerprint density at radius 1 is 0.667 bits per heavy atom. The van der Waals surface area contributed by atoms with Crippen molar-refractivity contribution in [3.8, 4) is 0 Å². The van der Waals surface area contributed by atoms with Crippen molar-refractivity contribution >= 4 is 30.2 Å². The van der Waals surface area contributed by atoms with E-state index in [1.165, 1.54) is 44.8 Å². The highest BCUT2D eigenvalue weighted by molar-refractivity contribution is 7.86. The zero-order chi connectivity index (χ0) is 17.6. The first-order valence-corrected chi connectivity index (χ1v) is 10.6. The molecule has 2 aromatic rings. The summed E-state index contributed by atoms with van der Waals surface area (Å²) in [7, 11) is -0.890. The standard InChI is InChI=1S/C20H26ClN2P/c1-13-9-15(3)19(16(4)10-13)22-7-8-23(24(22)21)20-17(5)11-14(2)12-18(20)6/h9-12H,7-8H2,1-6H3. The minimum absolute atomic E-state index is 0.890. The maximum atomic E-state index is 7.00. The molecule has 1 aliphatic rings. The average molecular weight is 361 g/mol. The number of hydrogen-bond donors (Lipinski definition) is 0. The summed E-state index contributed by atoms with van der Waals surface area (Å²) in [5.41, 5.74) is 10.5. The van der Waals surface area contributed by atoms with E-state index in [1.807, 2.05) is 0 Å². The molecule has 0 bridgehead atoms. The molecule has 0 N–H and O–H groups in total. The molecule has 0 saturated carbocycles. The Labute approximate surface area is 152 Å². The van der Waals surface area contributed by atoms with Gasteiger partial charge >= 0.3 is 0 Å². The summed E-state index contributed by atoms with van der Waals surface area (Å²) >= 11 is 7.00. The van der Waals surface area contributed by atoms with Crippen LogP contribution in [0.4, 0.5) is 11.4 Å². The van der Waals surface area contributed by atoms with E-state index >= 15 is 0 Å². The van der Waals surface area contributed by atoms with E-state index in [-0.39, 0.29) is 0 Å². The number of aryl methyl sites for hydroxylation is 6. The summed E-state index contributed by atoms with van der Waals surface area (Å²) in [5, 5.41) is 0. The van der Waals surface area contributed by atoms with Crippen LogP contribution >= 0.6 is 18.8 Å². The Morgan fingerprint density at radius 3 is 1.25 bits per heavy atom. The van der Waals surface area contributed by atoms with Gasteiger partial charge in [-0.1, -0.05) is 35.4 Å². The second-order valence-corrected chi connectivity index (χ2v) is 9.34. The van der Waals surface area contributed by atoms with Gasteiger partial charge < -0.3 is 9.34 Å². The molecule has 2 nitrogen and oxygen atoms in total. The van der Waals surface area contributed by atoms with Crippen LogP contribution in [0.2, 0.25) is 0 Å². The zero-order valence-corrected chi connectivity index (χ0v) is 17.1. The van der Waals surface area contributed by atoms with Crippen molar-refractivity contribution in [1.82, 2.24) is 0 Å². The van der Waals surface area contributed by atoms with Gasteiger partial charge in [-0.05, 0) is 75.0 Å². The first-order chi connectivity index (χ1) is 11.3. The van der Waals surface area contributed by atoms with Gasteiger partial charge in [0.05, 0.1) is 0 Å². The highest BCUT2D eigenvalue weighted by atomic mass is 35.7. The maximum absolute atomic E-state index is 7.00. The van der Waals surface area contributed by atoms with Crippen molar-refractivity contribution in [2.45, 2.75) is 41.5 Å². The van der Waals surface area contributed by atoms with Crippen molar-refractivity contribution in [3.05, 3.63) is 57.6 Å². The average Bonchev–Trinajstić information content (AvgIpc) is 2.79. The van der Waals surface area contributed by atoms with Crippen molar-refractivity contribution < 1.29 is 0 Å². The molecule has 0 atom stereocenters.